The zero-order valence-electron chi connectivity index (χ0n) is 18.0. The zero-order chi connectivity index (χ0) is 22.9. The van der Waals surface area contributed by atoms with Crippen LogP contribution in [0.5, 0.6) is 0 Å². The van der Waals surface area contributed by atoms with Crippen molar-refractivity contribution in [2.24, 2.45) is 0 Å². The number of H-pyrrole nitrogens is 1. The summed E-state index contributed by atoms with van der Waals surface area (Å²) in [6, 6.07) is 13.1. The Morgan fingerprint density at radius 3 is 2.73 bits per heavy atom. The van der Waals surface area contributed by atoms with Crippen LogP contribution < -0.4 is 16.4 Å². The number of nitrogen functional groups attached to an aromatic ring is 1. The second kappa shape index (κ2) is 8.68. The van der Waals surface area contributed by atoms with Crippen LogP contribution in [0.3, 0.4) is 0 Å². The lowest BCUT2D eigenvalue weighted by Gasteiger charge is -2.16. The molecule has 5 N–H and O–H groups in total. The molecule has 1 fully saturated rings. The van der Waals surface area contributed by atoms with Crippen molar-refractivity contribution in [1.29, 1.82) is 0 Å². The number of benzene rings is 2. The van der Waals surface area contributed by atoms with E-state index >= 15 is 0 Å². The molecule has 1 aliphatic rings. The van der Waals surface area contributed by atoms with Gasteiger partial charge in [0.05, 0.1) is 28.1 Å². The second-order valence-electron chi connectivity index (χ2n) is 8.16. The van der Waals surface area contributed by atoms with E-state index in [1.807, 2.05) is 43.4 Å². The molecule has 1 saturated heterocycles. The van der Waals surface area contributed by atoms with Gasteiger partial charge in [0.15, 0.2) is 11.6 Å². The SMILES string of the molecule is CN1CCC(NC(=O)Nc2nc(-c3cc(Cl)c4[nH]ncc4c3)c(-c3ccccc3)nc2N)C1. The Labute approximate surface area is 195 Å². The first-order chi connectivity index (χ1) is 16.0. The van der Waals surface area contributed by atoms with Crippen molar-refractivity contribution in [2.75, 3.05) is 31.2 Å². The Hall–Kier alpha value is -3.69. The molecule has 0 saturated carbocycles. The van der Waals surface area contributed by atoms with Crippen LogP contribution in [0.15, 0.2) is 48.7 Å². The number of rotatable bonds is 4. The van der Waals surface area contributed by atoms with Crippen LogP contribution in [-0.2, 0) is 0 Å². The van der Waals surface area contributed by atoms with Gasteiger partial charge < -0.3 is 16.0 Å². The Bertz CT molecular complexity index is 1320. The number of hydrogen-bond donors (Lipinski definition) is 4. The Balaban J connectivity index is 1.55. The van der Waals surface area contributed by atoms with Crippen LogP contribution >= 0.6 is 11.6 Å². The van der Waals surface area contributed by atoms with E-state index in [2.05, 4.69) is 30.7 Å². The average Bonchev–Trinajstić information content (AvgIpc) is 3.44. The third-order valence-electron chi connectivity index (χ3n) is 5.70. The lowest BCUT2D eigenvalue weighted by Crippen LogP contribution is -2.39. The van der Waals surface area contributed by atoms with Crippen molar-refractivity contribution in [3.8, 4) is 22.5 Å². The van der Waals surface area contributed by atoms with E-state index in [4.69, 9.17) is 22.3 Å². The lowest BCUT2D eigenvalue weighted by molar-refractivity contribution is 0.248. The van der Waals surface area contributed by atoms with E-state index in [0.29, 0.717) is 16.4 Å². The predicted octanol–water partition coefficient (Wildman–Crippen LogP) is 3.75. The van der Waals surface area contributed by atoms with Crippen molar-refractivity contribution < 1.29 is 4.79 Å². The third kappa shape index (κ3) is 4.33. The smallest absolute Gasteiger partial charge is 0.320 e. The summed E-state index contributed by atoms with van der Waals surface area (Å²) in [5, 5.41) is 14.0. The number of aromatic nitrogens is 4. The highest BCUT2D eigenvalue weighted by Gasteiger charge is 2.23. The first kappa shape index (κ1) is 21.2. The lowest BCUT2D eigenvalue weighted by atomic mass is 10.0. The number of aromatic amines is 1. The minimum absolute atomic E-state index is 0.0783. The summed E-state index contributed by atoms with van der Waals surface area (Å²) in [4.78, 5) is 24.1. The number of likely N-dealkylation sites (tertiary alicyclic amines) is 1. The summed E-state index contributed by atoms with van der Waals surface area (Å²) in [5.74, 6) is 0.323. The van der Waals surface area contributed by atoms with Gasteiger partial charge in [-0.3, -0.25) is 10.4 Å². The van der Waals surface area contributed by atoms with Crippen LogP contribution in [-0.4, -0.2) is 57.3 Å². The number of urea groups is 1. The first-order valence-corrected chi connectivity index (χ1v) is 11.0. The average molecular weight is 463 g/mol. The zero-order valence-corrected chi connectivity index (χ0v) is 18.7. The van der Waals surface area contributed by atoms with E-state index in [1.165, 1.54) is 0 Å². The van der Waals surface area contributed by atoms with Crippen LogP contribution in [0.4, 0.5) is 16.4 Å². The van der Waals surface area contributed by atoms with Crippen molar-refractivity contribution in [2.45, 2.75) is 12.5 Å². The van der Waals surface area contributed by atoms with Crippen LogP contribution in [0.1, 0.15) is 6.42 Å². The highest BCUT2D eigenvalue weighted by atomic mass is 35.5. The molecule has 0 aliphatic carbocycles. The van der Waals surface area contributed by atoms with Gasteiger partial charge in [-0.2, -0.15) is 5.10 Å². The molecule has 2 aromatic heterocycles. The molecule has 168 valence electrons. The van der Waals surface area contributed by atoms with Crippen molar-refractivity contribution in [3.63, 3.8) is 0 Å². The molecule has 0 bridgehead atoms. The number of carbonyl (C=O) groups excluding carboxylic acids is 1. The van der Waals surface area contributed by atoms with Crippen molar-refractivity contribution >= 4 is 40.2 Å². The van der Waals surface area contributed by atoms with Gasteiger partial charge >= 0.3 is 6.03 Å². The number of halogens is 1. The maximum Gasteiger partial charge on any atom is 0.320 e. The summed E-state index contributed by atoms with van der Waals surface area (Å²) in [7, 11) is 2.03. The first-order valence-electron chi connectivity index (χ1n) is 10.6. The molecule has 0 spiro atoms. The van der Waals surface area contributed by atoms with Gasteiger partial charge in [-0.25, -0.2) is 14.8 Å². The number of amides is 2. The number of nitrogens with two attached hydrogens (primary N) is 1. The van der Waals surface area contributed by atoms with Crippen molar-refractivity contribution in [1.82, 2.24) is 30.4 Å². The molecular formula is C23H23ClN8O. The number of likely N-dealkylation sites (N-methyl/N-ethyl adjacent to an activating group) is 1. The van der Waals surface area contributed by atoms with Gasteiger partial charge in [0.2, 0.25) is 0 Å². The molecule has 5 rings (SSSR count). The fourth-order valence-electron chi connectivity index (χ4n) is 4.07. The topological polar surface area (TPSA) is 125 Å². The van der Waals surface area contributed by atoms with E-state index in [0.717, 1.165) is 41.5 Å². The molecule has 1 atom stereocenters. The largest absolute Gasteiger partial charge is 0.381 e. The van der Waals surface area contributed by atoms with Gasteiger partial charge in [0.25, 0.3) is 0 Å². The Morgan fingerprint density at radius 1 is 1.18 bits per heavy atom. The quantitative estimate of drug-likeness (QED) is 0.366. The molecule has 0 radical (unpaired) electrons. The summed E-state index contributed by atoms with van der Waals surface area (Å²) in [6.45, 7) is 1.75. The van der Waals surface area contributed by atoms with Gasteiger partial charge in [-0.15, -0.1) is 0 Å². The maximum absolute atomic E-state index is 12.6. The second-order valence-corrected chi connectivity index (χ2v) is 8.57. The summed E-state index contributed by atoms with van der Waals surface area (Å²) in [5.41, 5.74) is 9.69. The number of fused-ring (bicyclic) bond motifs is 1. The summed E-state index contributed by atoms with van der Waals surface area (Å²) >= 11 is 6.49. The fourth-order valence-corrected chi connectivity index (χ4v) is 4.34. The fraction of sp³-hybridized carbons (Fsp3) is 0.217. The van der Waals surface area contributed by atoms with Gasteiger partial charge in [-0.05, 0) is 32.1 Å². The maximum atomic E-state index is 12.6. The summed E-state index contributed by atoms with van der Waals surface area (Å²) in [6.07, 6.45) is 2.59. The molecule has 10 heteroatoms. The molecule has 2 aromatic carbocycles. The van der Waals surface area contributed by atoms with Crippen molar-refractivity contribution in [3.05, 3.63) is 53.7 Å². The predicted molar refractivity (Wildman–Crippen MR) is 130 cm³/mol. The molecular weight excluding hydrogens is 440 g/mol. The third-order valence-corrected chi connectivity index (χ3v) is 6.00. The van der Waals surface area contributed by atoms with E-state index < -0.39 is 0 Å². The van der Waals surface area contributed by atoms with Crippen LogP contribution in [0.2, 0.25) is 5.02 Å². The molecule has 3 heterocycles. The molecule has 9 nitrogen and oxygen atoms in total. The van der Waals surface area contributed by atoms with Gasteiger partial charge in [0, 0.05) is 29.1 Å². The molecule has 2 amide bonds. The van der Waals surface area contributed by atoms with Gasteiger partial charge in [0.1, 0.15) is 0 Å². The molecule has 1 aliphatic heterocycles. The number of anilines is 2. The van der Waals surface area contributed by atoms with Gasteiger partial charge in [-0.1, -0.05) is 41.9 Å². The van der Waals surface area contributed by atoms with Crippen LogP contribution in [0.25, 0.3) is 33.4 Å². The highest BCUT2D eigenvalue weighted by Crippen LogP contribution is 2.35. The number of carbonyl (C=O) groups is 1. The number of nitrogens with zero attached hydrogens (tertiary/aromatic N) is 4. The monoisotopic (exact) mass is 462 g/mol. The minimum atomic E-state index is -0.363. The van der Waals surface area contributed by atoms with Crippen LogP contribution in [0, 0.1) is 0 Å². The normalized spacial score (nSPS) is 16.2. The highest BCUT2D eigenvalue weighted by molar-refractivity contribution is 6.35. The number of hydrogen-bond acceptors (Lipinski definition) is 6. The number of nitrogens with one attached hydrogen (secondary N) is 3. The van der Waals surface area contributed by atoms with E-state index in [1.54, 1.807) is 12.3 Å². The summed E-state index contributed by atoms with van der Waals surface area (Å²) < 4.78 is 0. The minimum Gasteiger partial charge on any atom is -0.381 e. The molecule has 4 aromatic rings. The molecule has 1 unspecified atom stereocenters. The Kier molecular flexibility index (Phi) is 5.57. The Morgan fingerprint density at radius 2 is 1.97 bits per heavy atom. The van der Waals surface area contributed by atoms with E-state index in [-0.39, 0.29) is 23.7 Å². The van der Waals surface area contributed by atoms with E-state index in [9.17, 15) is 4.79 Å². The standard InChI is InChI=1S/C23H23ClN8O/c1-32-8-7-16(12-32)27-23(33)30-22-21(25)28-19(13-5-3-2-4-6-13)20(29-22)14-9-15-11-26-31-18(15)17(24)10-14/h2-6,9-11,16H,7-8,12H2,1H3,(H2,25,28)(H,26,31)(H2,27,29,30,33). The molecule has 33 heavy (non-hydrogen) atoms.